The predicted molar refractivity (Wildman–Crippen MR) is 90.9 cm³/mol. The first-order valence-corrected chi connectivity index (χ1v) is 7.78. The van der Waals surface area contributed by atoms with Crippen LogP contribution in [0, 0.1) is 0 Å². The van der Waals surface area contributed by atoms with E-state index in [1.165, 1.54) is 0 Å². The molecule has 24 heavy (non-hydrogen) atoms. The van der Waals surface area contributed by atoms with Gasteiger partial charge in [-0.25, -0.2) is 0 Å². The van der Waals surface area contributed by atoms with E-state index in [4.69, 9.17) is 9.84 Å². The summed E-state index contributed by atoms with van der Waals surface area (Å²) in [5.74, 6) is -0.389. The largest absolute Gasteiger partial charge is 0.496 e. The van der Waals surface area contributed by atoms with Crippen LogP contribution in [0.3, 0.4) is 0 Å². The maximum atomic E-state index is 12.2. The number of aliphatic carboxylic acids is 1. The third kappa shape index (κ3) is 5.12. The molecular formula is C19H21NO4. The Balaban J connectivity index is 1.99. The van der Waals surface area contributed by atoms with Gasteiger partial charge < -0.3 is 15.2 Å². The van der Waals surface area contributed by atoms with E-state index in [-0.39, 0.29) is 18.7 Å². The van der Waals surface area contributed by atoms with E-state index in [0.29, 0.717) is 6.42 Å². The van der Waals surface area contributed by atoms with Crippen molar-refractivity contribution in [2.45, 2.75) is 25.3 Å². The Morgan fingerprint density at radius 2 is 1.75 bits per heavy atom. The first kappa shape index (κ1) is 17.5. The predicted octanol–water partition coefficient (Wildman–Crippen LogP) is 2.96. The number of aryl methyl sites for hydroxylation is 1. The molecule has 0 heterocycles. The van der Waals surface area contributed by atoms with Crippen molar-refractivity contribution >= 4 is 11.9 Å². The summed E-state index contributed by atoms with van der Waals surface area (Å²) in [6.07, 6.45) is 0.651. The molecule has 2 rings (SSSR count). The number of rotatable bonds is 8. The SMILES string of the molecule is COc1ccccc1CCC(=O)NC(CC(=O)O)c1ccccc1. The normalized spacial score (nSPS) is 11.5. The lowest BCUT2D eigenvalue weighted by atomic mass is 10.0. The second-order valence-corrected chi connectivity index (χ2v) is 5.44. The van der Waals surface area contributed by atoms with Crippen LogP contribution in [0.5, 0.6) is 5.75 Å². The highest BCUT2D eigenvalue weighted by Crippen LogP contribution is 2.20. The molecule has 0 aliphatic rings. The molecule has 0 saturated carbocycles. The van der Waals surface area contributed by atoms with E-state index >= 15 is 0 Å². The van der Waals surface area contributed by atoms with Gasteiger partial charge in [-0.2, -0.15) is 0 Å². The molecule has 2 N–H and O–H groups in total. The summed E-state index contributed by atoms with van der Waals surface area (Å²) in [6, 6.07) is 16.1. The minimum Gasteiger partial charge on any atom is -0.496 e. The van der Waals surface area contributed by atoms with Crippen LogP contribution in [0.2, 0.25) is 0 Å². The summed E-state index contributed by atoms with van der Waals surface area (Å²) in [4.78, 5) is 23.3. The van der Waals surface area contributed by atoms with Crippen LogP contribution >= 0.6 is 0 Å². The van der Waals surface area contributed by atoms with Gasteiger partial charge >= 0.3 is 5.97 Å². The number of benzene rings is 2. The molecule has 1 unspecified atom stereocenters. The highest BCUT2D eigenvalue weighted by atomic mass is 16.5. The number of methoxy groups -OCH3 is 1. The molecule has 126 valence electrons. The molecule has 0 aliphatic carbocycles. The van der Waals surface area contributed by atoms with Crippen molar-refractivity contribution in [3.05, 3.63) is 65.7 Å². The molecule has 0 spiro atoms. The maximum Gasteiger partial charge on any atom is 0.305 e. The fraction of sp³-hybridized carbons (Fsp3) is 0.263. The van der Waals surface area contributed by atoms with Gasteiger partial charge in [-0.15, -0.1) is 0 Å². The second-order valence-electron chi connectivity index (χ2n) is 5.44. The van der Waals surface area contributed by atoms with E-state index in [9.17, 15) is 9.59 Å². The number of hydrogen-bond donors (Lipinski definition) is 2. The average Bonchev–Trinajstić information content (AvgIpc) is 2.60. The van der Waals surface area contributed by atoms with Gasteiger partial charge in [0.2, 0.25) is 5.91 Å². The number of nitrogens with one attached hydrogen (secondary N) is 1. The summed E-state index contributed by atoms with van der Waals surface area (Å²) in [6.45, 7) is 0. The molecule has 1 atom stereocenters. The standard InChI is InChI=1S/C19H21NO4/c1-24-17-10-6-5-9-15(17)11-12-18(21)20-16(13-19(22)23)14-7-3-2-4-8-14/h2-10,16H,11-13H2,1H3,(H,20,21)(H,22,23). The lowest BCUT2D eigenvalue weighted by molar-refractivity contribution is -0.137. The van der Waals surface area contributed by atoms with E-state index in [2.05, 4.69) is 5.32 Å². The van der Waals surface area contributed by atoms with Crippen molar-refractivity contribution in [2.75, 3.05) is 7.11 Å². The van der Waals surface area contributed by atoms with Crippen LogP contribution in [0.1, 0.15) is 30.0 Å². The molecule has 0 bridgehead atoms. The van der Waals surface area contributed by atoms with Crippen molar-refractivity contribution in [1.29, 1.82) is 0 Å². The molecule has 0 aromatic heterocycles. The summed E-state index contributed by atoms with van der Waals surface area (Å²) < 4.78 is 5.27. The number of ether oxygens (including phenoxy) is 1. The molecule has 2 aromatic rings. The Kier molecular flexibility index (Phi) is 6.37. The smallest absolute Gasteiger partial charge is 0.305 e. The Labute approximate surface area is 141 Å². The zero-order valence-electron chi connectivity index (χ0n) is 13.6. The molecule has 0 fully saturated rings. The maximum absolute atomic E-state index is 12.2. The number of para-hydroxylation sites is 1. The number of carboxylic acid groups (broad SMARTS) is 1. The number of carbonyl (C=O) groups is 2. The highest BCUT2D eigenvalue weighted by molar-refractivity contribution is 5.78. The van der Waals surface area contributed by atoms with Gasteiger partial charge in [-0.05, 0) is 23.6 Å². The average molecular weight is 327 g/mol. The fourth-order valence-corrected chi connectivity index (χ4v) is 2.54. The van der Waals surface area contributed by atoms with Gasteiger partial charge in [0.25, 0.3) is 0 Å². The van der Waals surface area contributed by atoms with Crippen LogP contribution in [0.4, 0.5) is 0 Å². The van der Waals surface area contributed by atoms with Crippen molar-refractivity contribution < 1.29 is 19.4 Å². The third-order valence-corrected chi connectivity index (χ3v) is 3.73. The van der Waals surface area contributed by atoms with E-state index in [0.717, 1.165) is 16.9 Å². The highest BCUT2D eigenvalue weighted by Gasteiger charge is 2.18. The molecule has 2 aromatic carbocycles. The Bertz CT molecular complexity index is 685. The second kappa shape index (κ2) is 8.72. The number of hydrogen-bond acceptors (Lipinski definition) is 3. The van der Waals surface area contributed by atoms with E-state index < -0.39 is 12.0 Å². The monoisotopic (exact) mass is 327 g/mol. The molecule has 0 radical (unpaired) electrons. The Morgan fingerprint density at radius 1 is 1.08 bits per heavy atom. The van der Waals surface area contributed by atoms with Crippen LogP contribution in [0.15, 0.2) is 54.6 Å². The molecular weight excluding hydrogens is 306 g/mol. The van der Waals surface area contributed by atoms with Crippen molar-refractivity contribution in [2.24, 2.45) is 0 Å². The number of amides is 1. The van der Waals surface area contributed by atoms with Gasteiger partial charge in [0.1, 0.15) is 5.75 Å². The number of carboxylic acids is 1. The summed E-state index contributed by atoms with van der Waals surface area (Å²) in [5.41, 5.74) is 1.73. The van der Waals surface area contributed by atoms with Crippen LogP contribution in [0.25, 0.3) is 0 Å². The van der Waals surface area contributed by atoms with Gasteiger partial charge in [0.15, 0.2) is 0 Å². The van der Waals surface area contributed by atoms with Crippen molar-refractivity contribution in [3.8, 4) is 5.75 Å². The zero-order chi connectivity index (χ0) is 17.4. The summed E-state index contributed by atoms with van der Waals surface area (Å²) in [5, 5.41) is 11.9. The molecule has 5 heteroatoms. The van der Waals surface area contributed by atoms with E-state index in [1.54, 1.807) is 7.11 Å². The topological polar surface area (TPSA) is 75.6 Å². The number of carbonyl (C=O) groups excluding carboxylic acids is 1. The van der Waals surface area contributed by atoms with Crippen LogP contribution in [-0.2, 0) is 16.0 Å². The van der Waals surface area contributed by atoms with Crippen molar-refractivity contribution in [1.82, 2.24) is 5.32 Å². The third-order valence-electron chi connectivity index (χ3n) is 3.73. The molecule has 1 amide bonds. The lowest BCUT2D eigenvalue weighted by Crippen LogP contribution is -2.30. The minimum absolute atomic E-state index is 0.148. The van der Waals surface area contributed by atoms with Gasteiger partial charge in [-0.1, -0.05) is 48.5 Å². The fourth-order valence-electron chi connectivity index (χ4n) is 2.54. The summed E-state index contributed by atoms with van der Waals surface area (Å²) in [7, 11) is 1.59. The van der Waals surface area contributed by atoms with E-state index in [1.807, 2.05) is 54.6 Å². The van der Waals surface area contributed by atoms with Crippen molar-refractivity contribution in [3.63, 3.8) is 0 Å². The first-order chi connectivity index (χ1) is 11.6. The molecule has 5 nitrogen and oxygen atoms in total. The Morgan fingerprint density at radius 3 is 2.42 bits per heavy atom. The lowest BCUT2D eigenvalue weighted by Gasteiger charge is -2.17. The molecule has 0 saturated heterocycles. The minimum atomic E-state index is -0.950. The zero-order valence-corrected chi connectivity index (χ0v) is 13.6. The van der Waals surface area contributed by atoms with Gasteiger partial charge in [0, 0.05) is 6.42 Å². The molecule has 0 aliphatic heterocycles. The van der Waals surface area contributed by atoms with Crippen LogP contribution in [-0.4, -0.2) is 24.1 Å². The quantitative estimate of drug-likeness (QED) is 0.781. The van der Waals surface area contributed by atoms with Gasteiger partial charge in [0.05, 0.1) is 19.6 Å². The van der Waals surface area contributed by atoms with Crippen LogP contribution < -0.4 is 10.1 Å². The first-order valence-electron chi connectivity index (χ1n) is 7.78. The Hall–Kier alpha value is -2.82. The summed E-state index contributed by atoms with van der Waals surface area (Å²) >= 11 is 0. The van der Waals surface area contributed by atoms with Gasteiger partial charge in [-0.3, -0.25) is 9.59 Å².